The maximum Gasteiger partial charge on any atom is 0.285 e. The molecule has 0 aliphatic heterocycles. The largest absolute Gasteiger partial charge is 0.315 e. The first-order chi connectivity index (χ1) is 9.06. The first kappa shape index (κ1) is 15.8. The molecule has 2 atom stereocenters. The van der Waals surface area contributed by atoms with Crippen LogP contribution in [0.2, 0.25) is 0 Å². The lowest BCUT2D eigenvalue weighted by atomic mass is 10.2. The van der Waals surface area contributed by atoms with Crippen molar-refractivity contribution in [2.75, 3.05) is 12.3 Å². The van der Waals surface area contributed by atoms with Gasteiger partial charge in [0, 0.05) is 17.9 Å². The predicted octanol–water partition coefficient (Wildman–Crippen LogP) is 2.48. The summed E-state index contributed by atoms with van der Waals surface area (Å²) in [4.78, 5) is 10.7. The van der Waals surface area contributed by atoms with Gasteiger partial charge in [0.25, 0.3) is 5.69 Å². The fourth-order valence-corrected chi connectivity index (χ4v) is 3.14. The van der Waals surface area contributed by atoms with Crippen molar-refractivity contribution in [3.8, 4) is 0 Å². The normalized spacial score (nSPS) is 14.0. The lowest BCUT2D eigenvalue weighted by Crippen LogP contribution is -2.25. The van der Waals surface area contributed by atoms with E-state index in [-0.39, 0.29) is 5.69 Å². The maximum atomic E-state index is 12.1. The van der Waals surface area contributed by atoms with E-state index < -0.39 is 15.7 Å². The van der Waals surface area contributed by atoms with E-state index >= 15 is 0 Å². The molecule has 5 nitrogen and oxygen atoms in total. The summed E-state index contributed by atoms with van der Waals surface area (Å²) in [5, 5.41) is 14.1. The molecule has 0 radical (unpaired) electrons. The Morgan fingerprint density at radius 2 is 2.11 bits per heavy atom. The molecule has 0 saturated carbocycles. The third-order valence-corrected chi connectivity index (χ3v) is 4.32. The number of nitrogens with zero attached hydrogens (tertiary/aromatic N) is 1. The van der Waals surface area contributed by atoms with Crippen molar-refractivity contribution in [1.29, 1.82) is 0 Å². The third kappa shape index (κ3) is 5.08. The number of rotatable bonds is 8. The Labute approximate surface area is 116 Å². The van der Waals surface area contributed by atoms with Crippen LogP contribution in [0.25, 0.3) is 0 Å². The number of hydrogen-bond donors (Lipinski definition) is 1. The van der Waals surface area contributed by atoms with Gasteiger partial charge < -0.3 is 5.32 Å². The van der Waals surface area contributed by atoms with Crippen LogP contribution in [0.3, 0.4) is 0 Å². The molecule has 0 aliphatic carbocycles. The Bertz CT molecular complexity index is 451. The zero-order valence-electron chi connectivity index (χ0n) is 11.3. The molecule has 0 aliphatic rings. The van der Waals surface area contributed by atoms with Gasteiger partial charge in [0.05, 0.1) is 15.7 Å². The summed E-state index contributed by atoms with van der Waals surface area (Å²) in [5.41, 5.74) is -0.0550. The molecule has 0 bridgehead atoms. The van der Waals surface area contributed by atoms with Crippen LogP contribution in [0, 0.1) is 10.1 Å². The second-order valence-corrected chi connectivity index (χ2v) is 5.91. The Hall–Kier alpha value is -1.27. The van der Waals surface area contributed by atoms with Gasteiger partial charge in [0.15, 0.2) is 0 Å². The first-order valence-electron chi connectivity index (χ1n) is 6.41. The van der Waals surface area contributed by atoms with Gasteiger partial charge in [-0.1, -0.05) is 19.1 Å². The molecule has 0 heterocycles. The van der Waals surface area contributed by atoms with Crippen molar-refractivity contribution in [2.24, 2.45) is 0 Å². The maximum absolute atomic E-state index is 12.1. The Morgan fingerprint density at radius 1 is 1.42 bits per heavy atom. The molecule has 0 saturated heterocycles. The Balaban J connectivity index is 2.57. The van der Waals surface area contributed by atoms with E-state index in [1.807, 2.05) is 6.92 Å². The van der Waals surface area contributed by atoms with E-state index in [2.05, 4.69) is 12.2 Å². The number of para-hydroxylation sites is 1. The van der Waals surface area contributed by atoms with E-state index in [0.29, 0.717) is 16.7 Å². The van der Waals surface area contributed by atoms with Gasteiger partial charge in [-0.3, -0.25) is 14.3 Å². The van der Waals surface area contributed by atoms with Crippen molar-refractivity contribution < 1.29 is 9.13 Å². The predicted molar refractivity (Wildman–Crippen MR) is 76.7 cm³/mol. The molecular weight excluding hydrogens is 264 g/mol. The number of nitro benzene ring substituents is 1. The van der Waals surface area contributed by atoms with Gasteiger partial charge in [-0.2, -0.15) is 0 Å². The number of nitrogens with one attached hydrogen (secondary N) is 1. The van der Waals surface area contributed by atoms with Crippen molar-refractivity contribution in [2.45, 2.75) is 37.6 Å². The average molecular weight is 284 g/mol. The average Bonchev–Trinajstić information content (AvgIpc) is 2.38. The molecule has 2 unspecified atom stereocenters. The molecule has 6 heteroatoms. The van der Waals surface area contributed by atoms with Gasteiger partial charge in [0.2, 0.25) is 0 Å². The highest BCUT2D eigenvalue weighted by molar-refractivity contribution is 7.85. The van der Waals surface area contributed by atoms with Crippen LogP contribution in [0.5, 0.6) is 0 Å². The van der Waals surface area contributed by atoms with Gasteiger partial charge in [0.1, 0.15) is 4.90 Å². The number of nitro groups is 1. The standard InChI is InChI=1S/C13H20N2O3S/c1-3-14-11(2)7-6-10-19(18)13-9-5-4-8-12(13)15(16)17/h4-5,8-9,11,14H,3,6-7,10H2,1-2H3. The molecule has 1 aromatic rings. The minimum Gasteiger partial charge on any atom is -0.315 e. The van der Waals surface area contributed by atoms with E-state index in [9.17, 15) is 14.3 Å². The van der Waals surface area contributed by atoms with Gasteiger partial charge in [-0.05, 0) is 32.4 Å². The summed E-state index contributed by atoms with van der Waals surface area (Å²) in [6.45, 7) is 5.04. The summed E-state index contributed by atoms with van der Waals surface area (Å²) in [5.74, 6) is 0.459. The van der Waals surface area contributed by atoms with Crippen molar-refractivity contribution in [3.63, 3.8) is 0 Å². The van der Waals surface area contributed by atoms with Crippen LogP contribution in [0.1, 0.15) is 26.7 Å². The highest BCUT2D eigenvalue weighted by atomic mass is 32.2. The minimum atomic E-state index is -1.31. The van der Waals surface area contributed by atoms with Crippen molar-refractivity contribution in [3.05, 3.63) is 34.4 Å². The van der Waals surface area contributed by atoms with Crippen LogP contribution in [0.4, 0.5) is 5.69 Å². The Morgan fingerprint density at radius 3 is 2.74 bits per heavy atom. The summed E-state index contributed by atoms with van der Waals surface area (Å²) in [6.07, 6.45) is 1.70. The fourth-order valence-electron chi connectivity index (χ4n) is 1.88. The van der Waals surface area contributed by atoms with E-state index in [0.717, 1.165) is 19.4 Å². The molecule has 0 spiro atoms. The summed E-state index contributed by atoms with van der Waals surface area (Å²) >= 11 is 0. The summed E-state index contributed by atoms with van der Waals surface area (Å²) in [6, 6.07) is 6.62. The van der Waals surface area contributed by atoms with Crippen molar-refractivity contribution >= 4 is 16.5 Å². The van der Waals surface area contributed by atoms with E-state index in [1.165, 1.54) is 6.07 Å². The highest BCUT2D eigenvalue weighted by Gasteiger charge is 2.17. The van der Waals surface area contributed by atoms with E-state index in [1.54, 1.807) is 18.2 Å². The quantitative estimate of drug-likeness (QED) is 0.588. The molecule has 1 N–H and O–H groups in total. The Kier molecular flexibility index (Phi) is 6.66. The fraction of sp³-hybridized carbons (Fsp3) is 0.538. The molecule has 1 aromatic carbocycles. The van der Waals surface area contributed by atoms with Crippen LogP contribution >= 0.6 is 0 Å². The number of benzene rings is 1. The van der Waals surface area contributed by atoms with Gasteiger partial charge in [-0.25, -0.2) is 0 Å². The lowest BCUT2D eigenvalue weighted by Gasteiger charge is -2.11. The molecule has 0 aromatic heterocycles. The monoisotopic (exact) mass is 284 g/mol. The van der Waals surface area contributed by atoms with Crippen LogP contribution in [0.15, 0.2) is 29.2 Å². The van der Waals surface area contributed by atoms with Crippen LogP contribution in [-0.2, 0) is 10.8 Å². The summed E-state index contributed by atoms with van der Waals surface area (Å²) < 4.78 is 12.1. The highest BCUT2D eigenvalue weighted by Crippen LogP contribution is 2.22. The number of hydrogen-bond acceptors (Lipinski definition) is 4. The second-order valence-electron chi connectivity index (χ2n) is 4.38. The third-order valence-electron chi connectivity index (χ3n) is 2.83. The topological polar surface area (TPSA) is 72.2 Å². The molecule has 0 amide bonds. The van der Waals surface area contributed by atoms with Crippen molar-refractivity contribution in [1.82, 2.24) is 5.32 Å². The van der Waals surface area contributed by atoms with Crippen LogP contribution in [-0.4, -0.2) is 27.5 Å². The van der Waals surface area contributed by atoms with Gasteiger partial charge in [-0.15, -0.1) is 0 Å². The molecule has 0 fully saturated rings. The minimum absolute atomic E-state index is 0.0550. The SMILES string of the molecule is CCNC(C)CCCS(=O)c1ccccc1[N+](=O)[O-]. The zero-order valence-corrected chi connectivity index (χ0v) is 12.1. The molecule has 19 heavy (non-hydrogen) atoms. The first-order valence-corrected chi connectivity index (χ1v) is 7.73. The molecule has 106 valence electrons. The second kappa shape index (κ2) is 8.01. The molecular formula is C13H20N2O3S. The molecule has 1 rings (SSSR count). The summed E-state index contributed by atoms with van der Waals surface area (Å²) in [7, 11) is -1.31. The van der Waals surface area contributed by atoms with E-state index in [4.69, 9.17) is 0 Å². The lowest BCUT2D eigenvalue weighted by molar-refractivity contribution is -0.387. The van der Waals surface area contributed by atoms with Crippen LogP contribution < -0.4 is 5.32 Å². The zero-order chi connectivity index (χ0) is 14.3. The smallest absolute Gasteiger partial charge is 0.285 e. The van der Waals surface area contributed by atoms with Gasteiger partial charge >= 0.3 is 0 Å².